The van der Waals surface area contributed by atoms with Crippen LogP contribution in [0.3, 0.4) is 0 Å². The number of rotatable bonds is 7. The van der Waals surface area contributed by atoms with Gasteiger partial charge in [-0.3, -0.25) is 0 Å². The Morgan fingerprint density at radius 1 is 1.05 bits per heavy atom. The summed E-state index contributed by atoms with van der Waals surface area (Å²) in [6.45, 7) is 6.97. The number of carbonyl (C=O) groups is 1. The zero-order valence-electron chi connectivity index (χ0n) is 20.9. The Hall–Kier alpha value is -3.06. The van der Waals surface area contributed by atoms with Crippen LogP contribution in [0.4, 0.5) is 37.1 Å². The third kappa shape index (κ3) is 6.83. The molecule has 1 amide bonds. The van der Waals surface area contributed by atoms with E-state index in [4.69, 9.17) is 4.74 Å². The third-order valence-electron chi connectivity index (χ3n) is 6.40. The number of H-pyrrole nitrogens is 1. The van der Waals surface area contributed by atoms with Crippen LogP contribution in [0.2, 0.25) is 0 Å². The minimum Gasteiger partial charge on any atom is -0.447 e. The summed E-state index contributed by atoms with van der Waals surface area (Å²) in [5.41, 5.74) is -2.99. The summed E-state index contributed by atoms with van der Waals surface area (Å²) in [5.74, 6) is 0.0406. The number of tetrazole rings is 1. The standard InChI is InChI=1S/C23H30F6N6O2/c1-5-17-10-19(11-18(6-2)35(17)21(36)37-13(3)4)34(20-30-32-33-31-20)12-14-7-15(22(24,25)26)9-16(8-14)23(27,28)29/h7-9,13,17-19H,5-6,10-12H2,1-4H3,(H,30,31,32,33)/t17-,18+,19+. The molecule has 0 unspecified atom stereocenters. The van der Waals surface area contributed by atoms with Crippen molar-refractivity contribution in [3.63, 3.8) is 0 Å². The second-order valence-electron chi connectivity index (χ2n) is 9.34. The fraction of sp³-hybridized carbons (Fsp3) is 0.652. The van der Waals surface area contributed by atoms with Gasteiger partial charge < -0.3 is 14.5 Å². The molecule has 1 aliphatic rings. The summed E-state index contributed by atoms with van der Waals surface area (Å²) in [5, 5.41) is 13.7. The molecule has 1 aliphatic heterocycles. The van der Waals surface area contributed by atoms with E-state index in [-0.39, 0.29) is 48.4 Å². The van der Waals surface area contributed by atoms with Crippen LogP contribution in [0, 0.1) is 0 Å². The van der Waals surface area contributed by atoms with E-state index in [1.165, 1.54) is 0 Å². The molecule has 1 aromatic heterocycles. The van der Waals surface area contributed by atoms with Gasteiger partial charge in [0.25, 0.3) is 5.95 Å². The highest BCUT2D eigenvalue weighted by atomic mass is 19.4. The van der Waals surface area contributed by atoms with Crippen LogP contribution >= 0.6 is 0 Å². The molecule has 3 atom stereocenters. The molecule has 1 aromatic carbocycles. The van der Waals surface area contributed by atoms with Crippen molar-refractivity contribution < 1.29 is 35.9 Å². The number of aromatic nitrogens is 4. The third-order valence-corrected chi connectivity index (χ3v) is 6.40. The van der Waals surface area contributed by atoms with Crippen LogP contribution in [-0.4, -0.2) is 55.8 Å². The number of piperidine rings is 1. The largest absolute Gasteiger partial charge is 0.447 e. The SMILES string of the molecule is CC[C@@H]1C[C@H](N(Cc2cc(C(F)(F)F)cc(C(F)(F)F)c2)c2nn[nH]n2)C[C@H](CC)N1C(=O)OC(C)C. The lowest BCUT2D eigenvalue weighted by molar-refractivity contribution is -0.143. The summed E-state index contributed by atoms with van der Waals surface area (Å²) < 4.78 is 86.0. The van der Waals surface area contributed by atoms with Gasteiger partial charge in [0.15, 0.2) is 0 Å². The number of likely N-dealkylation sites (tertiary alicyclic amines) is 1. The Kier molecular flexibility index (Phi) is 8.58. The number of carbonyl (C=O) groups excluding carboxylic acids is 1. The van der Waals surface area contributed by atoms with Gasteiger partial charge in [-0.05, 0) is 68.5 Å². The summed E-state index contributed by atoms with van der Waals surface area (Å²) in [6.07, 6.45) is -8.78. The number of alkyl halides is 6. The number of halogens is 6. The molecule has 3 rings (SSSR count). The number of ether oxygens (including phenoxy) is 1. The fourth-order valence-electron chi connectivity index (χ4n) is 4.74. The highest BCUT2D eigenvalue weighted by molar-refractivity contribution is 5.69. The topological polar surface area (TPSA) is 87.2 Å². The van der Waals surface area contributed by atoms with Crippen molar-refractivity contribution in [2.45, 2.75) is 96.5 Å². The monoisotopic (exact) mass is 536 g/mol. The van der Waals surface area contributed by atoms with Crippen molar-refractivity contribution in [2.75, 3.05) is 4.90 Å². The number of aromatic amines is 1. The number of nitrogens with one attached hydrogen (secondary N) is 1. The Balaban J connectivity index is 1.99. The van der Waals surface area contributed by atoms with Gasteiger partial charge in [0.2, 0.25) is 0 Å². The van der Waals surface area contributed by atoms with Gasteiger partial charge in [-0.15, -0.1) is 5.10 Å². The van der Waals surface area contributed by atoms with Crippen LogP contribution in [0.15, 0.2) is 18.2 Å². The molecule has 2 heterocycles. The van der Waals surface area contributed by atoms with Crippen LogP contribution in [0.1, 0.15) is 70.1 Å². The predicted molar refractivity (Wildman–Crippen MR) is 121 cm³/mol. The summed E-state index contributed by atoms with van der Waals surface area (Å²) >= 11 is 0. The van der Waals surface area contributed by atoms with E-state index in [9.17, 15) is 31.1 Å². The van der Waals surface area contributed by atoms with Gasteiger partial charge in [0.1, 0.15) is 0 Å². The average molecular weight is 537 g/mol. The van der Waals surface area contributed by atoms with E-state index < -0.39 is 29.6 Å². The van der Waals surface area contributed by atoms with Crippen LogP contribution in [0.25, 0.3) is 0 Å². The summed E-state index contributed by atoms with van der Waals surface area (Å²) in [7, 11) is 0. The molecule has 37 heavy (non-hydrogen) atoms. The molecule has 0 radical (unpaired) electrons. The lowest BCUT2D eigenvalue weighted by Crippen LogP contribution is -2.57. The molecule has 1 fully saturated rings. The highest BCUT2D eigenvalue weighted by Gasteiger charge is 2.42. The smallest absolute Gasteiger partial charge is 0.416 e. The molecule has 0 saturated carbocycles. The van der Waals surface area contributed by atoms with Gasteiger partial charge in [0, 0.05) is 24.7 Å². The van der Waals surface area contributed by atoms with Gasteiger partial charge in [0.05, 0.1) is 17.2 Å². The lowest BCUT2D eigenvalue weighted by Gasteiger charge is -2.47. The maximum atomic E-state index is 13.4. The Labute approximate surface area is 210 Å². The maximum Gasteiger partial charge on any atom is 0.416 e. The fourth-order valence-corrected chi connectivity index (χ4v) is 4.74. The lowest BCUT2D eigenvalue weighted by atomic mass is 9.87. The number of amides is 1. The molecular formula is C23H30F6N6O2. The number of anilines is 1. The minimum atomic E-state index is -4.96. The van der Waals surface area contributed by atoms with E-state index in [1.807, 2.05) is 13.8 Å². The van der Waals surface area contributed by atoms with E-state index in [1.54, 1.807) is 23.6 Å². The number of hydrogen-bond acceptors (Lipinski definition) is 6. The zero-order chi connectivity index (χ0) is 27.5. The van der Waals surface area contributed by atoms with Gasteiger partial charge in [-0.25, -0.2) is 4.79 Å². The van der Waals surface area contributed by atoms with Gasteiger partial charge in [-0.2, -0.15) is 31.6 Å². The van der Waals surface area contributed by atoms with E-state index in [0.717, 1.165) is 0 Å². The van der Waals surface area contributed by atoms with E-state index in [2.05, 4.69) is 20.6 Å². The molecule has 0 aliphatic carbocycles. The Morgan fingerprint density at radius 2 is 1.59 bits per heavy atom. The quantitative estimate of drug-likeness (QED) is 0.450. The first-order valence-electron chi connectivity index (χ1n) is 12.0. The number of hydrogen-bond donors (Lipinski definition) is 1. The molecule has 206 valence electrons. The van der Waals surface area contributed by atoms with Crippen LogP contribution in [-0.2, 0) is 23.6 Å². The van der Waals surface area contributed by atoms with Gasteiger partial charge >= 0.3 is 18.4 Å². The molecule has 14 heteroatoms. The van der Waals surface area contributed by atoms with E-state index >= 15 is 0 Å². The molecule has 0 bridgehead atoms. The van der Waals surface area contributed by atoms with Crippen molar-refractivity contribution in [2.24, 2.45) is 0 Å². The zero-order valence-corrected chi connectivity index (χ0v) is 20.9. The second kappa shape index (κ2) is 11.1. The number of benzene rings is 1. The Bertz CT molecular complexity index is 997. The van der Waals surface area contributed by atoms with Crippen molar-refractivity contribution in [3.05, 3.63) is 34.9 Å². The van der Waals surface area contributed by atoms with Crippen molar-refractivity contribution in [3.8, 4) is 0 Å². The van der Waals surface area contributed by atoms with Gasteiger partial charge in [-0.1, -0.05) is 18.9 Å². The normalized spacial score (nSPS) is 20.8. The molecular weight excluding hydrogens is 506 g/mol. The van der Waals surface area contributed by atoms with Crippen LogP contribution < -0.4 is 4.90 Å². The molecule has 1 N–H and O–H groups in total. The first-order valence-corrected chi connectivity index (χ1v) is 12.0. The first-order chi connectivity index (χ1) is 17.2. The Morgan fingerprint density at radius 3 is 2.00 bits per heavy atom. The maximum absolute atomic E-state index is 13.4. The summed E-state index contributed by atoms with van der Waals surface area (Å²) in [4.78, 5) is 16.1. The van der Waals surface area contributed by atoms with Crippen molar-refractivity contribution in [1.82, 2.24) is 25.5 Å². The van der Waals surface area contributed by atoms with Crippen molar-refractivity contribution >= 4 is 12.0 Å². The molecule has 1 saturated heterocycles. The first kappa shape index (κ1) is 28.5. The number of nitrogens with zero attached hydrogens (tertiary/aromatic N) is 5. The molecule has 0 spiro atoms. The molecule has 2 aromatic rings. The highest BCUT2D eigenvalue weighted by Crippen LogP contribution is 2.38. The molecule has 8 nitrogen and oxygen atoms in total. The van der Waals surface area contributed by atoms with E-state index in [0.29, 0.717) is 37.8 Å². The minimum absolute atomic E-state index is 0.0406. The summed E-state index contributed by atoms with van der Waals surface area (Å²) in [6, 6.07) is 0.576. The second-order valence-corrected chi connectivity index (χ2v) is 9.34. The van der Waals surface area contributed by atoms with Crippen LogP contribution in [0.5, 0.6) is 0 Å². The predicted octanol–water partition coefficient (Wildman–Crippen LogP) is 5.81. The van der Waals surface area contributed by atoms with Crippen molar-refractivity contribution in [1.29, 1.82) is 0 Å². The average Bonchev–Trinajstić information content (AvgIpc) is 3.34.